The second kappa shape index (κ2) is 6.97. The number of hydrogen-bond donors (Lipinski definition) is 1. The van der Waals surface area contributed by atoms with Gasteiger partial charge in [-0.2, -0.15) is 0 Å². The molecular formula is C16H20BrN3. The summed E-state index contributed by atoms with van der Waals surface area (Å²) in [4.78, 5) is 6.62. The Morgan fingerprint density at radius 2 is 2.05 bits per heavy atom. The van der Waals surface area contributed by atoms with Crippen LogP contribution in [-0.4, -0.2) is 23.0 Å². The molecule has 2 aromatic rings. The number of halogens is 1. The van der Waals surface area contributed by atoms with Gasteiger partial charge in [0.15, 0.2) is 0 Å². The minimum Gasteiger partial charge on any atom is -0.326 e. The molecule has 0 aliphatic rings. The van der Waals surface area contributed by atoms with E-state index < -0.39 is 0 Å². The second-order valence-electron chi connectivity index (χ2n) is 5.10. The van der Waals surface area contributed by atoms with Crippen LogP contribution in [0.4, 0.5) is 0 Å². The van der Waals surface area contributed by atoms with Crippen LogP contribution in [0.3, 0.4) is 0 Å². The standard InChI is InChI=1S/C16H20BrN3/c1-12(18)16(13-6-5-7-14(17)10-13)20(2)11-15-8-3-4-9-19-15/h3-10,12,16H,11,18H2,1-2H3. The summed E-state index contributed by atoms with van der Waals surface area (Å²) in [5.41, 5.74) is 8.46. The van der Waals surface area contributed by atoms with E-state index in [-0.39, 0.29) is 12.1 Å². The van der Waals surface area contributed by atoms with Crippen molar-refractivity contribution in [2.75, 3.05) is 7.05 Å². The van der Waals surface area contributed by atoms with E-state index in [1.807, 2.05) is 43.5 Å². The molecule has 1 aromatic heterocycles. The van der Waals surface area contributed by atoms with Crippen molar-refractivity contribution in [3.63, 3.8) is 0 Å². The topological polar surface area (TPSA) is 42.1 Å². The van der Waals surface area contributed by atoms with Gasteiger partial charge in [-0.3, -0.25) is 9.88 Å². The van der Waals surface area contributed by atoms with Gasteiger partial charge in [0.05, 0.1) is 5.69 Å². The van der Waals surface area contributed by atoms with E-state index in [2.05, 4.69) is 45.0 Å². The summed E-state index contributed by atoms with van der Waals surface area (Å²) in [7, 11) is 2.09. The second-order valence-corrected chi connectivity index (χ2v) is 6.01. The van der Waals surface area contributed by atoms with Gasteiger partial charge in [-0.1, -0.05) is 34.1 Å². The number of nitrogens with zero attached hydrogens (tertiary/aromatic N) is 2. The zero-order valence-corrected chi connectivity index (χ0v) is 13.4. The third kappa shape index (κ3) is 3.88. The van der Waals surface area contributed by atoms with Crippen molar-refractivity contribution >= 4 is 15.9 Å². The summed E-state index contributed by atoms with van der Waals surface area (Å²) in [6.45, 7) is 2.82. The van der Waals surface area contributed by atoms with Gasteiger partial charge in [0.25, 0.3) is 0 Å². The predicted molar refractivity (Wildman–Crippen MR) is 86.2 cm³/mol. The molecule has 0 saturated carbocycles. The lowest BCUT2D eigenvalue weighted by Crippen LogP contribution is -2.37. The largest absolute Gasteiger partial charge is 0.326 e. The third-order valence-corrected chi connectivity index (χ3v) is 3.79. The fraction of sp³-hybridized carbons (Fsp3) is 0.312. The average molecular weight is 334 g/mol. The summed E-state index contributed by atoms with van der Waals surface area (Å²) in [5.74, 6) is 0. The Morgan fingerprint density at radius 1 is 1.25 bits per heavy atom. The molecule has 4 heteroatoms. The summed E-state index contributed by atoms with van der Waals surface area (Å²) < 4.78 is 1.08. The molecule has 0 radical (unpaired) electrons. The Morgan fingerprint density at radius 3 is 2.65 bits per heavy atom. The van der Waals surface area contributed by atoms with Crippen LogP contribution in [0.2, 0.25) is 0 Å². The van der Waals surface area contributed by atoms with Crippen molar-refractivity contribution in [1.82, 2.24) is 9.88 Å². The van der Waals surface area contributed by atoms with Crippen LogP contribution in [0.1, 0.15) is 24.2 Å². The number of aromatic nitrogens is 1. The maximum absolute atomic E-state index is 6.20. The first-order chi connectivity index (χ1) is 9.58. The maximum Gasteiger partial charge on any atom is 0.0544 e. The highest BCUT2D eigenvalue weighted by atomic mass is 79.9. The Bertz CT molecular complexity index is 542. The minimum absolute atomic E-state index is 0.0398. The quantitative estimate of drug-likeness (QED) is 0.912. The van der Waals surface area contributed by atoms with Gasteiger partial charge < -0.3 is 5.73 Å². The molecule has 0 aliphatic heterocycles. The molecule has 0 aliphatic carbocycles. The van der Waals surface area contributed by atoms with Crippen LogP contribution in [0.25, 0.3) is 0 Å². The smallest absolute Gasteiger partial charge is 0.0544 e. The highest BCUT2D eigenvalue weighted by Gasteiger charge is 2.21. The summed E-state index contributed by atoms with van der Waals surface area (Å²) >= 11 is 3.52. The first kappa shape index (κ1) is 15.2. The van der Waals surface area contributed by atoms with E-state index in [0.29, 0.717) is 0 Å². The minimum atomic E-state index is 0.0398. The Labute approximate surface area is 129 Å². The molecule has 0 spiro atoms. The van der Waals surface area contributed by atoms with Crippen molar-refractivity contribution in [3.05, 3.63) is 64.4 Å². The number of likely N-dealkylation sites (N-methyl/N-ethyl adjacent to an activating group) is 1. The summed E-state index contributed by atoms with van der Waals surface area (Å²) in [6.07, 6.45) is 1.82. The molecule has 0 amide bonds. The number of benzene rings is 1. The van der Waals surface area contributed by atoms with Gasteiger partial charge in [0.1, 0.15) is 0 Å². The lowest BCUT2D eigenvalue weighted by Gasteiger charge is -2.31. The fourth-order valence-electron chi connectivity index (χ4n) is 2.50. The molecule has 2 N–H and O–H groups in total. The molecule has 2 rings (SSSR count). The SMILES string of the molecule is CC(N)C(c1cccc(Br)c1)N(C)Cc1ccccn1. The fourth-order valence-corrected chi connectivity index (χ4v) is 2.91. The van der Waals surface area contributed by atoms with E-state index in [9.17, 15) is 0 Å². The molecule has 2 atom stereocenters. The number of pyridine rings is 1. The van der Waals surface area contributed by atoms with Crippen molar-refractivity contribution in [1.29, 1.82) is 0 Å². The molecule has 106 valence electrons. The monoisotopic (exact) mass is 333 g/mol. The first-order valence-corrected chi connectivity index (χ1v) is 7.48. The highest BCUT2D eigenvalue weighted by Crippen LogP contribution is 2.26. The Kier molecular flexibility index (Phi) is 5.29. The first-order valence-electron chi connectivity index (χ1n) is 6.69. The molecule has 1 aromatic carbocycles. The number of hydrogen-bond acceptors (Lipinski definition) is 3. The number of rotatable bonds is 5. The van der Waals surface area contributed by atoms with E-state index in [4.69, 9.17) is 5.73 Å². The molecule has 20 heavy (non-hydrogen) atoms. The van der Waals surface area contributed by atoms with Gasteiger partial charge in [-0.05, 0) is 43.8 Å². The lowest BCUT2D eigenvalue weighted by atomic mass is 9.99. The van der Waals surface area contributed by atoms with E-state index in [1.165, 1.54) is 5.56 Å². The van der Waals surface area contributed by atoms with E-state index in [0.717, 1.165) is 16.7 Å². The maximum atomic E-state index is 6.20. The van der Waals surface area contributed by atoms with Gasteiger partial charge in [0, 0.05) is 29.3 Å². The molecular weight excluding hydrogens is 314 g/mol. The van der Waals surface area contributed by atoms with Crippen LogP contribution in [0.5, 0.6) is 0 Å². The van der Waals surface area contributed by atoms with Crippen molar-refractivity contribution in [3.8, 4) is 0 Å². The average Bonchev–Trinajstić information content (AvgIpc) is 2.39. The van der Waals surface area contributed by atoms with E-state index in [1.54, 1.807) is 0 Å². The van der Waals surface area contributed by atoms with Crippen LogP contribution in [0.15, 0.2) is 53.1 Å². The summed E-state index contributed by atoms with van der Waals surface area (Å²) in [6, 6.07) is 14.5. The third-order valence-electron chi connectivity index (χ3n) is 3.30. The molecule has 0 saturated heterocycles. The molecule has 0 bridgehead atoms. The lowest BCUT2D eigenvalue weighted by molar-refractivity contribution is 0.208. The van der Waals surface area contributed by atoms with E-state index >= 15 is 0 Å². The summed E-state index contributed by atoms with van der Waals surface area (Å²) in [5, 5.41) is 0. The Hall–Kier alpha value is -1.23. The van der Waals surface area contributed by atoms with Gasteiger partial charge in [-0.15, -0.1) is 0 Å². The van der Waals surface area contributed by atoms with Gasteiger partial charge in [0.2, 0.25) is 0 Å². The zero-order chi connectivity index (χ0) is 14.5. The van der Waals surface area contributed by atoms with Crippen LogP contribution in [-0.2, 0) is 6.54 Å². The molecule has 2 unspecified atom stereocenters. The van der Waals surface area contributed by atoms with Gasteiger partial charge in [-0.25, -0.2) is 0 Å². The molecule has 0 fully saturated rings. The Balaban J connectivity index is 2.20. The number of nitrogens with two attached hydrogens (primary N) is 1. The highest BCUT2D eigenvalue weighted by molar-refractivity contribution is 9.10. The molecule has 1 heterocycles. The normalized spacial score (nSPS) is 14.2. The van der Waals surface area contributed by atoms with Crippen LogP contribution in [0, 0.1) is 0 Å². The molecule has 3 nitrogen and oxygen atoms in total. The van der Waals surface area contributed by atoms with Gasteiger partial charge >= 0.3 is 0 Å². The van der Waals surface area contributed by atoms with Crippen molar-refractivity contribution in [2.24, 2.45) is 5.73 Å². The van der Waals surface area contributed by atoms with Crippen LogP contribution < -0.4 is 5.73 Å². The van der Waals surface area contributed by atoms with Crippen molar-refractivity contribution < 1.29 is 0 Å². The predicted octanol–water partition coefficient (Wildman–Crippen LogP) is 3.36. The zero-order valence-electron chi connectivity index (χ0n) is 11.8. The van der Waals surface area contributed by atoms with Crippen LogP contribution >= 0.6 is 15.9 Å². The van der Waals surface area contributed by atoms with Crippen molar-refractivity contribution in [2.45, 2.75) is 25.6 Å².